The Hall–Kier alpha value is -1.65. The minimum absolute atomic E-state index is 0.0509. The highest BCUT2D eigenvalue weighted by Gasteiger charge is 2.55. The normalized spacial score (nSPS) is 37.5. The Morgan fingerprint density at radius 2 is 1.87 bits per heavy atom. The summed E-state index contributed by atoms with van der Waals surface area (Å²) in [7, 11) is 0. The maximum Gasteiger partial charge on any atom is 0.310 e. The summed E-state index contributed by atoms with van der Waals surface area (Å²) in [4.78, 5) is 17.9. The average Bonchev–Trinajstić information content (AvgIpc) is 3.02. The molecule has 30 heavy (non-hydrogen) atoms. The number of esters is 1. The third-order valence-electron chi connectivity index (χ3n) is 8.49. The van der Waals surface area contributed by atoms with Crippen LogP contribution in [0.15, 0.2) is 42.5 Å². The maximum absolute atomic E-state index is 12.8. The van der Waals surface area contributed by atoms with Gasteiger partial charge in [-0.15, -0.1) is 0 Å². The van der Waals surface area contributed by atoms with Crippen LogP contribution in [0.2, 0.25) is 0 Å². The van der Waals surface area contributed by atoms with Crippen LogP contribution in [0, 0.1) is 23.2 Å². The molecule has 2 unspecified atom stereocenters. The van der Waals surface area contributed by atoms with Gasteiger partial charge in [0.2, 0.25) is 0 Å². The number of hydrogen-bond acceptors (Lipinski definition) is 4. The van der Waals surface area contributed by atoms with Crippen molar-refractivity contribution >= 4 is 5.97 Å². The first kappa shape index (κ1) is 20.3. The van der Waals surface area contributed by atoms with E-state index in [1.807, 2.05) is 0 Å². The van der Waals surface area contributed by atoms with Gasteiger partial charge in [-0.3, -0.25) is 14.6 Å². The van der Waals surface area contributed by atoms with Crippen molar-refractivity contribution in [1.29, 1.82) is 0 Å². The van der Waals surface area contributed by atoms with Gasteiger partial charge in [-0.05, 0) is 49.0 Å². The molecule has 5 atom stereocenters. The molecule has 4 aliphatic rings. The van der Waals surface area contributed by atoms with Gasteiger partial charge in [0.05, 0.1) is 5.92 Å². The molecule has 5 rings (SSSR count). The third kappa shape index (κ3) is 3.85. The molecular weight excluding hydrogens is 372 g/mol. The van der Waals surface area contributed by atoms with Gasteiger partial charge in [0.25, 0.3) is 0 Å². The smallest absolute Gasteiger partial charge is 0.310 e. The van der Waals surface area contributed by atoms with Gasteiger partial charge in [0, 0.05) is 45.2 Å². The molecule has 2 saturated heterocycles. The Balaban J connectivity index is 1.19. The van der Waals surface area contributed by atoms with Gasteiger partial charge in [-0.25, -0.2) is 0 Å². The lowest BCUT2D eigenvalue weighted by Gasteiger charge is -2.50. The number of piperazine rings is 1. The van der Waals surface area contributed by atoms with Crippen LogP contribution in [-0.2, 0) is 16.1 Å². The average molecular weight is 409 g/mol. The van der Waals surface area contributed by atoms with Crippen molar-refractivity contribution in [3.8, 4) is 0 Å². The molecule has 0 bridgehead atoms. The lowest BCUT2D eigenvalue weighted by molar-refractivity contribution is -0.146. The van der Waals surface area contributed by atoms with Gasteiger partial charge in [0.1, 0.15) is 6.10 Å². The van der Waals surface area contributed by atoms with E-state index in [9.17, 15) is 4.79 Å². The van der Waals surface area contributed by atoms with Gasteiger partial charge >= 0.3 is 5.97 Å². The molecule has 2 aliphatic carbocycles. The standard InChI is InChI=1S/C26H36N2O2/c1-19-7-6-10-26(2)16-24-21(15-23(19)26)22(25(29)30-24)18-28-13-11-27(12-14-28)17-20-8-4-3-5-9-20/h3-5,8-9,21-24H,1,6-7,10-18H2,2H3/t21-,22?,23?,24-,26-/m1/s1. The molecule has 4 heteroatoms. The van der Waals surface area contributed by atoms with Crippen molar-refractivity contribution < 1.29 is 9.53 Å². The number of fused-ring (bicyclic) bond motifs is 2. The van der Waals surface area contributed by atoms with Crippen molar-refractivity contribution in [1.82, 2.24) is 9.80 Å². The molecule has 0 aromatic heterocycles. The van der Waals surface area contributed by atoms with Crippen molar-refractivity contribution in [2.45, 2.75) is 51.7 Å². The summed E-state index contributed by atoms with van der Waals surface area (Å²) in [5.74, 6) is 1.07. The molecule has 162 valence electrons. The number of ether oxygens (including phenoxy) is 1. The fraction of sp³-hybridized carbons (Fsp3) is 0.654. The minimum atomic E-state index is 0.0509. The van der Waals surface area contributed by atoms with Crippen molar-refractivity contribution in [2.24, 2.45) is 23.2 Å². The topological polar surface area (TPSA) is 32.8 Å². The van der Waals surface area contributed by atoms with Crippen LogP contribution in [0.25, 0.3) is 0 Å². The monoisotopic (exact) mass is 408 g/mol. The Morgan fingerprint density at radius 1 is 1.13 bits per heavy atom. The number of rotatable bonds is 4. The SMILES string of the molecule is C=C1CCC[C@]2(C)C[C@H]3OC(=O)C(CN4CCN(Cc5ccccc5)CC4)[C@H]3CC12. The molecule has 0 radical (unpaired) electrons. The van der Waals surface area contributed by atoms with Crippen molar-refractivity contribution in [2.75, 3.05) is 32.7 Å². The lowest BCUT2D eigenvalue weighted by atomic mass is 9.55. The summed E-state index contributed by atoms with van der Waals surface area (Å²) in [5.41, 5.74) is 3.09. The first-order valence-corrected chi connectivity index (χ1v) is 11.9. The second-order valence-corrected chi connectivity index (χ2v) is 10.5. The lowest BCUT2D eigenvalue weighted by Crippen LogP contribution is -2.49. The summed E-state index contributed by atoms with van der Waals surface area (Å²) in [6.07, 6.45) is 5.94. The van der Waals surface area contributed by atoms with Gasteiger partial charge < -0.3 is 4.74 Å². The summed E-state index contributed by atoms with van der Waals surface area (Å²) in [6, 6.07) is 10.7. The largest absolute Gasteiger partial charge is 0.462 e. The predicted molar refractivity (Wildman–Crippen MR) is 119 cm³/mol. The summed E-state index contributed by atoms with van der Waals surface area (Å²) < 4.78 is 5.96. The summed E-state index contributed by atoms with van der Waals surface area (Å²) in [6.45, 7) is 12.9. The van der Waals surface area contributed by atoms with Crippen LogP contribution >= 0.6 is 0 Å². The summed E-state index contributed by atoms with van der Waals surface area (Å²) in [5, 5.41) is 0. The van der Waals surface area contributed by atoms with E-state index in [0.717, 1.165) is 52.1 Å². The number of carbonyl (C=O) groups is 1. The van der Waals surface area contributed by atoms with Crippen LogP contribution in [0.1, 0.15) is 44.6 Å². The molecule has 4 nitrogen and oxygen atoms in total. The second-order valence-electron chi connectivity index (χ2n) is 10.5. The third-order valence-corrected chi connectivity index (χ3v) is 8.49. The molecule has 2 saturated carbocycles. The fourth-order valence-corrected chi connectivity index (χ4v) is 6.71. The Labute approximate surface area is 181 Å². The van der Waals surface area contributed by atoms with E-state index in [-0.39, 0.29) is 23.4 Å². The van der Waals surface area contributed by atoms with E-state index in [1.165, 1.54) is 30.4 Å². The number of nitrogens with zero attached hydrogens (tertiary/aromatic N) is 2. The van der Waals surface area contributed by atoms with Crippen molar-refractivity contribution in [3.63, 3.8) is 0 Å². The Kier molecular flexibility index (Phi) is 5.49. The molecule has 2 aliphatic heterocycles. The zero-order valence-corrected chi connectivity index (χ0v) is 18.4. The van der Waals surface area contributed by atoms with Crippen LogP contribution in [0.4, 0.5) is 0 Å². The highest BCUT2D eigenvalue weighted by Crippen LogP contribution is 2.56. The van der Waals surface area contributed by atoms with E-state index < -0.39 is 0 Å². The first-order valence-electron chi connectivity index (χ1n) is 11.9. The summed E-state index contributed by atoms with van der Waals surface area (Å²) >= 11 is 0. The van der Waals surface area contributed by atoms with Crippen molar-refractivity contribution in [3.05, 3.63) is 48.0 Å². The fourth-order valence-electron chi connectivity index (χ4n) is 6.71. The maximum atomic E-state index is 12.8. The highest BCUT2D eigenvalue weighted by molar-refractivity contribution is 5.75. The van der Waals surface area contributed by atoms with E-state index in [1.54, 1.807) is 0 Å². The van der Waals surface area contributed by atoms with Crippen LogP contribution in [0.5, 0.6) is 0 Å². The number of allylic oxidation sites excluding steroid dienone is 1. The number of hydrogen-bond donors (Lipinski definition) is 0. The van der Waals surface area contributed by atoms with Crippen LogP contribution in [0.3, 0.4) is 0 Å². The molecule has 0 N–H and O–H groups in total. The van der Waals surface area contributed by atoms with Crippen LogP contribution in [-0.4, -0.2) is 54.6 Å². The molecule has 0 spiro atoms. The van der Waals surface area contributed by atoms with Gasteiger partial charge in [-0.1, -0.05) is 49.4 Å². The Morgan fingerprint density at radius 3 is 2.63 bits per heavy atom. The first-order chi connectivity index (χ1) is 14.5. The number of benzene rings is 1. The van der Waals surface area contributed by atoms with E-state index in [4.69, 9.17) is 4.74 Å². The molecule has 1 aromatic carbocycles. The zero-order valence-electron chi connectivity index (χ0n) is 18.4. The van der Waals surface area contributed by atoms with E-state index in [2.05, 4.69) is 53.6 Å². The predicted octanol–water partition coefficient (Wildman–Crippen LogP) is 4.12. The Bertz CT molecular complexity index is 785. The van der Waals surface area contributed by atoms with E-state index >= 15 is 0 Å². The molecule has 1 aromatic rings. The molecular formula is C26H36N2O2. The van der Waals surface area contributed by atoms with Crippen LogP contribution < -0.4 is 0 Å². The molecule has 4 fully saturated rings. The quantitative estimate of drug-likeness (QED) is 0.554. The second kappa shape index (κ2) is 8.12. The van der Waals surface area contributed by atoms with Gasteiger partial charge in [-0.2, -0.15) is 0 Å². The molecule has 0 amide bonds. The van der Waals surface area contributed by atoms with E-state index in [0.29, 0.717) is 11.8 Å². The minimum Gasteiger partial charge on any atom is -0.462 e. The zero-order chi connectivity index (χ0) is 20.7. The molecule has 2 heterocycles. The highest BCUT2D eigenvalue weighted by atomic mass is 16.6. The number of carbonyl (C=O) groups excluding carboxylic acids is 1. The van der Waals surface area contributed by atoms with Gasteiger partial charge in [0.15, 0.2) is 0 Å².